The molecule has 31 heavy (non-hydrogen) atoms. The fraction of sp³-hybridized carbons (Fsp3) is 0.571. The number of urea groups is 1. The van der Waals surface area contributed by atoms with Gasteiger partial charge in [0.15, 0.2) is 9.84 Å². The number of nitrogens with one attached hydrogen (secondary N) is 1. The van der Waals surface area contributed by atoms with E-state index >= 15 is 0 Å². The van der Waals surface area contributed by atoms with Crippen LogP contribution in [0.15, 0.2) is 24.3 Å². The molecule has 170 valence electrons. The van der Waals surface area contributed by atoms with E-state index in [0.29, 0.717) is 36.4 Å². The molecule has 2 heterocycles. The van der Waals surface area contributed by atoms with Crippen LogP contribution in [0.25, 0.3) is 0 Å². The van der Waals surface area contributed by atoms with Crippen LogP contribution in [0.5, 0.6) is 0 Å². The standard InChI is InChI=1S/C21H28ClN3O5S/c1-3-5-11-24(17-10-12-31(29,30)14-17)18(26)13-25-19(27)21(4-2,23-20(25)28)15-6-8-16(22)9-7-15/h6-9,17H,3-5,10-14H2,1-2H3,(H,23,28). The van der Waals surface area contributed by atoms with Crippen LogP contribution in [-0.4, -0.2) is 66.7 Å². The van der Waals surface area contributed by atoms with Crippen molar-refractivity contribution in [3.63, 3.8) is 0 Å². The molecule has 8 nitrogen and oxygen atoms in total. The summed E-state index contributed by atoms with van der Waals surface area (Å²) in [4.78, 5) is 41.6. The van der Waals surface area contributed by atoms with Crippen LogP contribution < -0.4 is 5.32 Å². The third-order valence-corrected chi connectivity index (χ3v) is 8.06. The van der Waals surface area contributed by atoms with Crippen molar-refractivity contribution >= 4 is 39.3 Å². The number of halogens is 1. The SMILES string of the molecule is CCCCN(C(=O)CN1C(=O)NC(CC)(c2ccc(Cl)cc2)C1=O)C1CCS(=O)(=O)C1. The number of hydrogen-bond donors (Lipinski definition) is 1. The maximum atomic E-state index is 13.3. The lowest BCUT2D eigenvalue weighted by Crippen LogP contribution is -2.49. The Balaban J connectivity index is 1.81. The van der Waals surface area contributed by atoms with Crippen molar-refractivity contribution in [1.82, 2.24) is 15.1 Å². The van der Waals surface area contributed by atoms with Crippen molar-refractivity contribution in [3.05, 3.63) is 34.9 Å². The average molecular weight is 470 g/mol. The Kier molecular flexibility index (Phi) is 6.95. The van der Waals surface area contributed by atoms with Gasteiger partial charge in [0.1, 0.15) is 12.1 Å². The summed E-state index contributed by atoms with van der Waals surface area (Å²) in [6.07, 6.45) is 2.24. The predicted molar refractivity (Wildman–Crippen MR) is 117 cm³/mol. The number of imide groups is 1. The molecule has 0 aliphatic carbocycles. The van der Waals surface area contributed by atoms with Gasteiger partial charge < -0.3 is 10.2 Å². The molecule has 0 saturated carbocycles. The van der Waals surface area contributed by atoms with Crippen LogP contribution in [0, 0.1) is 0 Å². The molecule has 2 fully saturated rings. The number of rotatable bonds is 8. The lowest BCUT2D eigenvalue weighted by molar-refractivity contribution is -0.140. The predicted octanol–water partition coefficient (Wildman–Crippen LogP) is 2.31. The van der Waals surface area contributed by atoms with Gasteiger partial charge in [-0.15, -0.1) is 0 Å². The molecule has 0 radical (unpaired) electrons. The first-order valence-corrected chi connectivity index (χ1v) is 12.7. The molecule has 1 aromatic rings. The molecular formula is C21H28ClN3O5S. The zero-order valence-electron chi connectivity index (χ0n) is 17.8. The molecule has 3 rings (SSSR count). The Labute approximate surface area is 187 Å². The second kappa shape index (κ2) is 9.16. The van der Waals surface area contributed by atoms with Gasteiger partial charge in [-0.05, 0) is 37.0 Å². The molecule has 0 aromatic heterocycles. The van der Waals surface area contributed by atoms with Gasteiger partial charge in [-0.25, -0.2) is 13.2 Å². The van der Waals surface area contributed by atoms with Gasteiger partial charge in [-0.1, -0.05) is 44.0 Å². The maximum absolute atomic E-state index is 13.3. The van der Waals surface area contributed by atoms with E-state index in [9.17, 15) is 22.8 Å². The Hall–Kier alpha value is -2.13. The molecule has 2 unspecified atom stereocenters. The number of hydrogen-bond acceptors (Lipinski definition) is 5. The first-order chi connectivity index (χ1) is 14.6. The van der Waals surface area contributed by atoms with Crippen molar-refractivity contribution in [2.24, 2.45) is 0 Å². The molecule has 0 spiro atoms. The number of sulfone groups is 1. The summed E-state index contributed by atoms with van der Waals surface area (Å²) in [5.41, 5.74) is -0.662. The third-order valence-electron chi connectivity index (χ3n) is 6.06. The van der Waals surface area contributed by atoms with E-state index in [4.69, 9.17) is 11.6 Å². The van der Waals surface area contributed by atoms with Crippen LogP contribution in [0.1, 0.15) is 45.1 Å². The third kappa shape index (κ3) is 4.72. The number of unbranched alkanes of at least 4 members (excludes halogenated alkanes) is 1. The number of nitrogens with zero attached hydrogens (tertiary/aromatic N) is 2. The first kappa shape index (κ1) is 23.5. The molecule has 2 saturated heterocycles. The Morgan fingerprint density at radius 1 is 1.26 bits per heavy atom. The molecule has 2 aliphatic heterocycles. The van der Waals surface area contributed by atoms with Gasteiger partial charge in [-0.2, -0.15) is 0 Å². The normalized spacial score (nSPS) is 25.0. The molecule has 1 N–H and O–H groups in total. The highest BCUT2D eigenvalue weighted by molar-refractivity contribution is 7.91. The highest BCUT2D eigenvalue weighted by Gasteiger charge is 2.52. The Bertz CT molecular complexity index is 966. The van der Waals surface area contributed by atoms with E-state index in [1.165, 1.54) is 4.90 Å². The summed E-state index contributed by atoms with van der Waals surface area (Å²) in [5.74, 6) is -0.939. The second-order valence-electron chi connectivity index (χ2n) is 8.08. The summed E-state index contributed by atoms with van der Waals surface area (Å²) >= 11 is 5.95. The summed E-state index contributed by atoms with van der Waals surface area (Å²) in [5, 5.41) is 3.26. The van der Waals surface area contributed by atoms with Crippen molar-refractivity contribution < 1.29 is 22.8 Å². The lowest BCUT2D eigenvalue weighted by atomic mass is 9.87. The topological polar surface area (TPSA) is 104 Å². The van der Waals surface area contributed by atoms with Crippen molar-refractivity contribution in [3.8, 4) is 0 Å². The monoisotopic (exact) mass is 469 g/mol. The zero-order chi connectivity index (χ0) is 22.8. The van der Waals surface area contributed by atoms with E-state index in [-0.39, 0.29) is 11.5 Å². The van der Waals surface area contributed by atoms with E-state index in [1.54, 1.807) is 31.2 Å². The lowest BCUT2D eigenvalue weighted by Gasteiger charge is -2.30. The highest BCUT2D eigenvalue weighted by Crippen LogP contribution is 2.33. The zero-order valence-corrected chi connectivity index (χ0v) is 19.3. The van der Waals surface area contributed by atoms with Gasteiger partial charge in [0.05, 0.1) is 11.5 Å². The largest absolute Gasteiger partial charge is 0.337 e. The molecule has 2 aliphatic rings. The minimum atomic E-state index is -3.17. The van der Waals surface area contributed by atoms with E-state index in [0.717, 1.165) is 11.3 Å². The Morgan fingerprint density at radius 2 is 1.94 bits per heavy atom. The second-order valence-corrected chi connectivity index (χ2v) is 10.7. The molecule has 4 amide bonds. The van der Waals surface area contributed by atoms with Crippen molar-refractivity contribution in [2.75, 3.05) is 24.6 Å². The number of amides is 4. The van der Waals surface area contributed by atoms with Crippen LogP contribution >= 0.6 is 11.6 Å². The minimum absolute atomic E-state index is 0.0478. The van der Waals surface area contributed by atoms with Gasteiger partial charge in [0.2, 0.25) is 5.91 Å². The van der Waals surface area contributed by atoms with Gasteiger partial charge in [0, 0.05) is 17.6 Å². The summed E-state index contributed by atoms with van der Waals surface area (Å²) < 4.78 is 23.8. The number of benzene rings is 1. The first-order valence-electron chi connectivity index (χ1n) is 10.5. The van der Waals surface area contributed by atoms with Gasteiger partial charge >= 0.3 is 6.03 Å². The molecule has 10 heteroatoms. The van der Waals surface area contributed by atoms with Gasteiger partial charge in [0.25, 0.3) is 5.91 Å². The average Bonchev–Trinajstić information content (AvgIpc) is 3.20. The summed E-state index contributed by atoms with van der Waals surface area (Å²) in [6, 6.07) is 5.61. The van der Waals surface area contributed by atoms with Crippen LogP contribution in [0.4, 0.5) is 4.79 Å². The van der Waals surface area contributed by atoms with E-state index in [2.05, 4.69) is 5.32 Å². The number of carbonyl (C=O) groups excluding carboxylic acids is 3. The molecule has 0 bridgehead atoms. The smallest absolute Gasteiger partial charge is 0.325 e. The minimum Gasteiger partial charge on any atom is -0.337 e. The van der Waals surface area contributed by atoms with Gasteiger partial charge in [-0.3, -0.25) is 14.5 Å². The molecular weight excluding hydrogens is 442 g/mol. The quantitative estimate of drug-likeness (QED) is 0.588. The van der Waals surface area contributed by atoms with Crippen LogP contribution in [-0.2, 0) is 25.0 Å². The van der Waals surface area contributed by atoms with E-state index in [1.807, 2.05) is 6.92 Å². The summed E-state index contributed by atoms with van der Waals surface area (Å²) in [7, 11) is -3.17. The van der Waals surface area contributed by atoms with E-state index < -0.39 is 45.8 Å². The maximum Gasteiger partial charge on any atom is 0.325 e. The van der Waals surface area contributed by atoms with Crippen molar-refractivity contribution in [1.29, 1.82) is 0 Å². The van der Waals surface area contributed by atoms with Crippen LogP contribution in [0.2, 0.25) is 5.02 Å². The fourth-order valence-electron chi connectivity index (χ4n) is 4.23. The Morgan fingerprint density at radius 3 is 2.48 bits per heavy atom. The fourth-order valence-corrected chi connectivity index (χ4v) is 6.09. The molecule has 2 atom stereocenters. The highest BCUT2D eigenvalue weighted by atomic mass is 35.5. The summed E-state index contributed by atoms with van der Waals surface area (Å²) in [6.45, 7) is 3.75. The van der Waals surface area contributed by atoms with Crippen molar-refractivity contribution in [2.45, 2.75) is 51.1 Å². The van der Waals surface area contributed by atoms with Crippen LogP contribution in [0.3, 0.4) is 0 Å². The molecule has 1 aromatic carbocycles. The number of carbonyl (C=O) groups is 3.